The van der Waals surface area contributed by atoms with Gasteiger partial charge in [-0.25, -0.2) is 4.85 Å². The van der Waals surface area contributed by atoms with Crippen LogP contribution in [0.25, 0.3) is 4.85 Å². The fraction of sp³-hybridized carbons (Fsp3) is 0.632. The molecule has 4 heteroatoms. The predicted octanol–water partition coefficient (Wildman–Crippen LogP) is 3.87. The minimum absolute atomic E-state index is 0.0197. The molecule has 0 aromatic carbocycles. The first-order valence-electron chi connectivity index (χ1n) is 8.26. The second-order valence-corrected chi connectivity index (χ2v) is 8.68. The van der Waals surface area contributed by atoms with Crippen LogP contribution >= 0.6 is 0 Å². The van der Waals surface area contributed by atoms with Gasteiger partial charge in [0.2, 0.25) is 5.70 Å². The Morgan fingerprint density at radius 1 is 1.35 bits per heavy atom. The Bertz CT molecular complexity index is 755. The molecule has 1 aromatic heterocycles. The van der Waals surface area contributed by atoms with E-state index in [1.807, 2.05) is 24.6 Å². The van der Waals surface area contributed by atoms with Gasteiger partial charge in [-0.3, -0.25) is 4.68 Å². The lowest BCUT2D eigenvalue weighted by Crippen LogP contribution is -2.50. The molecule has 0 bridgehead atoms. The number of hydrogen-bond donors (Lipinski definition) is 0. The molecule has 1 aromatic rings. The first-order valence-corrected chi connectivity index (χ1v) is 8.26. The summed E-state index contributed by atoms with van der Waals surface area (Å²) in [5, 5.41) is 4.90. The molecule has 0 saturated carbocycles. The highest BCUT2D eigenvalue weighted by Gasteiger charge is 2.54. The first kappa shape index (κ1) is 16.0. The third-order valence-corrected chi connectivity index (χ3v) is 5.66. The number of hydrogen-bond acceptors (Lipinski definition) is 2. The number of aromatic nitrogens is 2. The van der Waals surface area contributed by atoms with Gasteiger partial charge >= 0.3 is 0 Å². The molecule has 2 aliphatic carbocycles. The summed E-state index contributed by atoms with van der Waals surface area (Å²) in [6, 6.07) is 0. The SMILES string of the molecule is [C-]#[N+]C1=C[C@]2(C)c3nn(C(C)(C)C)cc3CC[C@H]2C(C)(C)C1=O. The minimum Gasteiger partial charge on any atom is -0.307 e. The molecule has 0 amide bonds. The van der Waals surface area contributed by atoms with Gasteiger partial charge in [0.25, 0.3) is 0 Å². The van der Waals surface area contributed by atoms with E-state index in [4.69, 9.17) is 11.7 Å². The molecule has 1 heterocycles. The largest absolute Gasteiger partial charge is 0.307 e. The Morgan fingerprint density at radius 2 is 2.00 bits per heavy atom. The van der Waals surface area contributed by atoms with Crippen LogP contribution in [0.15, 0.2) is 18.0 Å². The number of Topliss-reactive ketones (excluding diaryl/α,β-unsaturated/α-hetero) is 1. The van der Waals surface area contributed by atoms with Gasteiger partial charge in [-0.05, 0) is 45.1 Å². The van der Waals surface area contributed by atoms with Crippen molar-refractivity contribution < 1.29 is 4.79 Å². The van der Waals surface area contributed by atoms with Crippen molar-refractivity contribution in [2.75, 3.05) is 0 Å². The van der Waals surface area contributed by atoms with Crippen molar-refractivity contribution in [3.05, 3.63) is 40.6 Å². The van der Waals surface area contributed by atoms with E-state index >= 15 is 0 Å². The van der Waals surface area contributed by atoms with Gasteiger partial charge in [0.15, 0.2) is 5.78 Å². The van der Waals surface area contributed by atoms with E-state index in [1.165, 1.54) is 5.56 Å². The van der Waals surface area contributed by atoms with Crippen LogP contribution in [0.1, 0.15) is 59.2 Å². The van der Waals surface area contributed by atoms with Crippen molar-refractivity contribution >= 4 is 5.78 Å². The number of nitrogens with zero attached hydrogens (tertiary/aromatic N) is 3. The Balaban J connectivity index is 2.24. The molecule has 0 radical (unpaired) electrons. The van der Waals surface area contributed by atoms with Gasteiger partial charge in [-0.15, -0.1) is 0 Å². The molecule has 122 valence electrons. The number of carbonyl (C=O) groups is 1. The zero-order valence-electron chi connectivity index (χ0n) is 14.9. The van der Waals surface area contributed by atoms with Gasteiger partial charge < -0.3 is 4.79 Å². The Hall–Kier alpha value is -1.89. The Labute approximate surface area is 138 Å². The number of ketones is 1. The maximum Gasteiger partial charge on any atom is 0.226 e. The summed E-state index contributed by atoms with van der Waals surface area (Å²) in [6.45, 7) is 19.9. The predicted molar refractivity (Wildman–Crippen MR) is 89.9 cm³/mol. The third kappa shape index (κ3) is 2.09. The highest BCUT2D eigenvalue weighted by Crippen LogP contribution is 2.54. The lowest BCUT2D eigenvalue weighted by Gasteiger charge is -2.49. The number of allylic oxidation sites excluding steroid dienone is 2. The van der Waals surface area contributed by atoms with Crippen LogP contribution in [-0.4, -0.2) is 15.6 Å². The molecule has 0 unspecified atom stereocenters. The molecule has 23 heavy (non-hydrogen) atoms. The molecule has 0 fully saturated rings. The zero-order valence-corrected chi connectivity index (χ0v) is 14.9. The second-order valence-electron chi connectivity index (χ2n) is 8.68. The van der Waals surface area contributed by atoms with Gasteiger partial charge in [-0.1, -0.05) is 26.8 Å². The lowest BCUT2D eigenvalue weighted by molar-refractivity contribution is -0.128. The monoisotopic (exact) mass is 311 g/mol. The Kier molecular flexibility index (Phi) is 3.17. The summed E-state index contributed by atoms with van der Waals surface area (Å²) < 4.78 is 2.03. The van der Waals surface area contributed by atoms with Crippen LogP contribution in [0.4, 0.5) is 0 Å². The van der Waals surface area contributed by atoms with Crippen molar-refractivity contribution in [3.8, 4) is 0 Å². The van der Waals surface area contributed by atoms with Crippen LogP contribution < -0.4 is 0 Å². The van der Waals surface area contributed by atoms with E-state index in [0.717, 1.165) is 18.5 Å². The number of fused-ring (bicyclic) bond motifs is 3. The van der Waals surface area contributed by atoms with Crippen molar-refractivity contribution in [2.24, 2.45) is 11.3 Å². The highest BCUT2D eigenvalue weighted by atomic mass is 16.1. The summed E-state index contributed by atoms with van der Waals surface area (Å²) in [4.78, 5) is 16.2. The van der Waals surface area contributed by atoms with Crippen LogP contribution in [0.2, 0.25) is 0 Å². The topological polar surface area (TPSA) is 39.2 Å². The van der Waals surface area contributed by atoms with Crippen molar-refractivity contribution in [3.63, 3.8) is 0 Å². The zero-order chi connectivity index (χ0) is 17.2. The maximum absolute atomic E-state index is 12.6. The van der Waals surface area contributed by atoms with E-state index in [2.05, 4.69) is 38.7 Å². The molecule has 0 saturated heterocycles. The molecule has 3 rings (SSSR count). The number of aryl methyl sites for hydroxylation is 1. The smallest absolute Gasteiger partial charge is 0.226 e. The van der Waals surface area contributed by atoms with E-state index in [1.54, 1.807) is 0 Å². The molecular weight excluding hydrogens is 286 g/mol. The van der Waals surface area contributed by atoms with Crippen molar-refractivity contribution in [1.29, 1.82) is 0 Å². The molecule has 0 N–H and O–H groups in total. The van der Waals surface area contributed by atoms with Crippen molar-refractivity contribution in [2.45, 2.75) is 65.3 Å². The Morgan fingerprint density at radius 3 is 2.57 bits per heavy atom. The van der Waals surface area contributed by atoms with Gasteiger partial charge in [0.1, 0.15) is 0 Å². The fourth-order valence-electron chi connectivity index (χ4n) is 4.35. The van der Waals surface area contributed by atoms with E-state index in [-0.39, 0.29) is 28.4 Å². The van der Waals surface area contributed by atoms with Crippen LogP contribution in [0, 0.1) is 17.9 Å². The summed E-state index contributed by atoms with van der Waals surface area (Å²) in [5.74, 6) is 0.164. The van der Waals surface area contributed by atoms with Crippen molar-refractivity contribution in [1.82, 2.24) is 9.78 Å². The summed E-state index contributed by atoms with van der Waals surface area (Å²) in [6.07, 6.45) is 5.94. The average Bonchev–Trinajstić information content (AvgIpc) is 2.88. The van der Waals surface area contributed by atoms with Gasteiger partial charge in [-0.2, -0.15) is 5.10 Å². The maximum atomic E-state index is 12.6. The summed E-state index contributed by atoms with van der Waals surface area (Å²) >= 11 is 0. The standard InChI is InChI=1S/C19H25N3O/c1-17(2,3)22-11-12-8-9-14-18(4,5)16(23)13(20-7)10-19(14,6)15(12)21-22/h10-11,14H,8-9H2,1-6H3/t14-,19-/m0/s1. The van der Waals surface area contributed by atoms with Gasteiger partial charge in [0, 0.05) is 17.0 Å². The third-order valence-electron chi connectivity index (χ3n) is 5.66. The van der Waals surface area contributed by atoms with Crippen LogP contribution in [0.3, 0.4) is 0 Å². The van der Waals surface area contributed by atoms with Crippen LogP contribution in [0.5, 0.6) is 0 Å². The van der Waals surface area contributed by atoms with E-state index in [9.17, 15) is 4.79 Å². The molecule has 4 nitrogen and oxygen atoms in total. The molecule has 2 atom stereocenters. The lowest BCUT2D eigenvalue weighted by atomic mass is 9.53. The molecular formula is C19H25N3O. The van der Waals surface area contributed by atoms with Gasteiger partial charge in [0.05, 0.1) is 17.8 Å². The molecule has 2 aliphatic rings. The second kappa shape index (κ2) is 4.56. The average molecular weight is 311 g/mol. The number of rotatable bonds is 0. The van der Waals surface area contributed by atoms with E-state index in [0.29, 0.717) is 0 Å². The quantitative estimate of drug-likeness (QED) is 0.682. The fourth-order valence-corrected chi connectivity index (χ4v) is 4.35. The summed E-state index contributed by atoms with van der Waals surface area (Å²) in [5.41, 5.74) is 1.63. The van der Waals surface area contributed by atoms with Crippen LogP contribution in [-0.2, 0) is 22.2 Å². The molecule has 0 spiro atoms. The summed E-state index contributed by atoms with van der Waals surface area (Å²) in [7, 11) is 0. The highest BCUT2D eigenvalue weighted by molar-refractivity contribution is 6.02. The normalized spacial score (nSPS) is 29.3. The minimum atomic E-state index is -0.521. The number of carbonyl (C=O) groups excluding carboxylic acids is 1. The van der Waals surface area contributed by atoms with E-state index < -0.39 is 5.41 Å². The first-order chi connectivity index (χ1) is 10.5. The molecule has 0 aliphatic heterocycles.